The molecule has 2 N–H and O–H groups in total. The smallest absolute Gasteiger partial charge is 0.0648 e. The second kappa shape index (κ2) is 8.54. The highest BCUT2D eigenvalue weighted by Gasteiger charge is 2.61. The van der Waals surface area contributed by atoms with Gasteiger partial charge in [-0.2, -0.15) is 0 Å². The van der Waals surface area contributed by atoms with E-state index in [4.69, 9.17) is 0 Å². The number of rotatable bonds is 5. The number of hydrogen-bond donors (Lipinski definition) is 2. The summed E-state index contributed by atoms with van der Waals surface area (Å²) in [7, 11) is 0. The SMILES string of the molecule is CC[C@]1(O)CC[C@@]2(C)[C@@H](CC[C@@H]3[C@@H]2CC[C@]2(C)[C@@H]([C@H](C)[C@@H](O)CC4CCCC4)CC[C@@H]32)C1. The van der Waals surface area contributed by atoms with Gasteiger partial charge in [0.2, 0.25) is 0 Å². The van der Waals surface area contributed by atoms with E-state index in [0.717, 1.165) is 55.3 Å². The molecule has 0 unspecified atom stereocenters. The van der Waals surface area contributed by atoms with Gasteiger partial charge in [-0.05, 0) is 123 Å². The molecule has 0 aromatic heterocycles. The monoisotopic (exact) mass is 444 g/mol. The summed E-state index contributed by atoms with van der Waals surface area (Å²) >= 11 is 0. The second-order valence-electron chi connectivity index (χ2n) is 14.0. The Kier molecular flexibility index (Phi) is 6.31. The van der Waals surface area contributed by atoms with E-state index >= 15 is 0 Å². The Hall–Kier alpha value is -0.0800. The summed E-state index contributed by atoms with van der Waals surface area (Å²) in [6.07, 6.45) is 19.0. The van der Waals surface area contributed by atoms with Gasteiger partial charge in [0.15, 0.2) is 0 Å². The van der Waals surface area contributed by atoms with Crippen molar-refractivity contribution in [1.29, 1.82) is 0 Å². The first-order valence-corrected chi connectivity index (χ1v) is 14.6. The van der Waals surface area contributed by atoms with Crippen LogP contribution in [0.1, 0.15) is 124 Å². The minimum Gasteiger partial charge on any atom is -0.393 e. The van der Waals surface area contributed by atoms with Gasteiger partial charge in [-0.3, -0.25) is 0 Å². The summed E-state index contributed by atoms with van der Waals surface area (Å²) in [5.41, 5.74) is 0.514. The molecular weight excluding hydrogens is 392 g/mol. The van der Waals surface area contributed by atoms with Crippen LogP contribution in [0.25, 0.3) is 0 Å². The maximum Gasteiger partial charge on any atom is 0.0648 e. The maximum absolute atomic E-state index is 11.2. The van der Waals surface area contributed by atoms with Gasteiger partial charge in [0, 0.05) is 0 Å². The van der Waals surface area contributed by atoms with Gasteiger partial charge in [-0.15, -0.1) is 0 Å². The van der Waals surface area contributed by atoms with E-state index in [1.807, 2.05) is 0 Å². The Morgan fingerprint density at radius 2 is 1.56 bits per heavy atom. The first-order valence-electron chi connectivity index (χ1n) is 14.6. The molecule has 0 spiro atoms. The zero-order valence-electron chi connectivity index (χ0n) is 21.6. The van der Waals surface area contributed by atoms with Crippen LogP contribution >= 0.6 is 0 Å². The second-order valence-corrected chi connectivity index (χ2v) is 14.0. The number of aliphatic hydroxyl groups is 2. The van der Waals surface area contributed by atoms with E-state index in [2.05, 4.69) is 27.7 Å². The fraction of sp³-hybridized carbons (Fsp3) is 1.00. The quantitative estimate of drug-likeness (QED) is 0.465. The molecule has 0 radical (unpaired) electrons. The van der Waals surface area contributed by atoms with Crippen LogP contribution in [-0.4, -0.2) is 21.9 Å². The Morgan fingerprint density at radius 1 is 0.844 bits per heavy atom. The Bertz CT molecular complexity index is 670. The maximum atomic E-state index is 11.2. The highest BCUT2D eigenvalue weighted by molar-refractivity contribution is 5.11. The minimum atomic E-state index is -0.385. The fourth-order valence-corrected chi connectivity index (χ4v) is 10.6. The molecule has 2 nitrogen and oxygen atoms in total. The van der Waals surface area contributed by atoms with Crippen LogP contribution in [0.2, 0.25) is 0 Å². The van der Waals surface area contributed by atoms with Gasteiger partial charge < -0.3 is 10.2 Å². The molecule has 184 valence electrons. The molecule has 0 amide bonds. The van der Waals surface area contributed by atoms with Crippen molar-refractivity contribution in [2.75, 3.05) is 0 Å². The molecule has 5 rings (SSSR count). The molecule has 0 aliphatic heterocycles. The van der Waals surface area contributed by atoms with Crippen LogP contribution in [0.3, 0.4) is 0 Å². The van der Waals surface area contributed by atoms with Gasteiger partial charge in [-0.25, -0.2) is 0 Å². The molecule has 0 aromatic rings. The lowest BCUT2D eigenvalue weighted by Crippen LogP contribution is -2.56. The van der Waals surface area contributed by atoms with Crippen molar-refractivity contribution >= 4 is 0 Å². The first-order chi connectivity index (χ1) is 15.2. The lowest BCUT2D eigenvalue weighted by Gasteiger charge is -2.62. The minimum absolute atomic E-state index is 0.0882. The molecular formula is C30H52O2. The van der Waals surface area contributed by atoms with Crippen LogP contribution in [0.4, 0.5) is 0 Å². The summed E-state index contributed by atoms with van der Waals surface area (Å²) in [5.74, 6) is 5.34. The van der Waals surface area contributed by atoms with Gasteiger partial charge in [0.25, 0.3) is 0 Å². The van der Waals surface area contributed by atoms with Gasteiger partial charge in [0.05, 0.1) is 11.7 Å². The topological polar surface area (TPSA) is 40.5 Å². The molecule has 5 fully saturated rings. The third-order valence-corrected chi connectivity index (χ3v) is 12.8. The van der Waals surface area contributed by atoms with E-state index in [1.54, 1.807) is 0 Å². The molecule has 32 heavy (non-hydrogen) atoms. The molecule has 0 heterocycles. The van der Waals surface area contributed by atoms with E-state index in [0.29, 0.717) is 22.7 Å². The lowest BCUT2D eigenvalue weighted by molar-refractivity contribution is -0.154. The molecule has 10 atom stereocenters. The van der Waals surface area contributed by atoms with Crippen molar-refractivity contribution in [3.05, 3.63) is 0 Å². The van der Waals surface area contributed by atoms with Crippen molar-refractivity contribution in [3.63, 3.8) is 0 Å². The summed E-state index contributed by atoms with van der Waals surface area (Å²) in [4.78, 5) is 0. The highest BCUT2D eigenvalue weighted by atomic mass is 16.3. The molecule has 0 aromatic carbocycles. The molecule has 2 heteroatoms. The Balaban J connectivity index is 1.29. The summed E-state index contributed by atoms with van der Waals surface area (Å²) < 4.78 is 0. The van der Waals surface area contributed by atoms with E-state index < -0.39 is 0 Å². The average Bonchev–Trinajstić information content (AvgIpc) is 3.41. The zero-order valence-corrected chi connectivity index (χ0v) is 21.6. The Morgan fingerprint density at radius 3 is 2.28 bits per heavy atom. The fourth-order valence-electron chi connectivity index (χ4n) is 10.6. The first kappa shape index (κ1) is 23.7. The zero-order chi connectivity index (χ0) is 22.7. The van der Waals surface area contributed by atoms with E-state index in [-0.39, 0.29) is 11.7 Å². The van der Waals surface area contributed by atoms with Crippen LogP contribution in [0.15, 0.2) is 0 Å². The lowest BCUT2D eigenvalue weighted by atomic mass is 9.43. The van der Waals surface area contributed by atoms with Crippen LogP contribution < -0.4 is 0 Å². The van der Waals surface area contributed by atoms with Crippen molar-refractivity contribution in [1.82, 2.24) is 0 Å². The molecule has 0 saturated heterocycles. The summed E-state index contributed by atoms with van der Waals surface area (Å²) in [5, 5.41) is 22.3. The van der Waals surface area contributed by atoms with Gasteiger partial charge >= 0.3 is 0 Å². The van der Waals surface area contributed by atoms with Crippen LogP contribution in [0.5, 0.6) is 0 Å². The van der Waals surface area contributed by atoms with Gasteiger partial charge in [0.1, 0.15) is 0 Å². The number of aliphatic hydroxyl groups excluding tert-OH is 1. The van der Waals surface area contributed by atoms with Crippen LogP contribution in [-0.2, 0) is 0 Å². The Labute approximate surface area is 198 Å². The third-order valence-electron chi connectivity index (χ3n) is 12.8. The van der Waals surface area contributed by atoms with E-state index in [1.165, 1.54) is 70.6 Å². The average molecular weight is 445 g/mol. The molecule has 5 aliphatic carbocycles. The number of fused-ring (bicyclic) bond motifs is 5. The van der Waals surface area contributed by atoms with Crippen molar-refractivity contribution in [2.45, 2.75) is 136 Å². The predicted molar refractivity (Wildman–Crippen MR) is 132 cm³/mol. The van der Waals surface area contributed by atoms with Crippen molar-refractivity contribution in [3.8, 4) is 0 Å². The standard InChI is InChI=1S/C30H52O2/c1-5-30(32)17-16-28(3)22(19-30)10-11-23-25-13-12-24(29(25,4)15-14-26(23)28)20(2)27(31)18-21-8-6-7-9-21/h20-27,31-32H,5-19H2,1-4H3/t20-,22-,23-,24+,25-,26-,27-,28-,29+,30-/m0/s1. The van der Waals surface area contributed by atoms with Crippen molar-refractivity contribution < 1.29 is 10.2 Å². The van der Waals surface area contributed by atoms with Gasteiger partial charge in [-0.1, -0.05) is 53.4 Å². The summed E-state index contributed by atoms with van der Waals surface area (Å²) in [6.45, 7) is 9.83. The predicted octanol–water partition coefficient (Wildman–Crippen LogP) is 7.36. The van der Waals surface area contributed by atoms with Crippen molar-refractivity contribution in [2.24, 2.45) is 52.3 Å². The largest absolute Gasteiger partial charge is 0.393 e. The molecule has 5 aliphatic rings. The third kappa shape index (κ3) is 3.73. The molecule has 0 bridgehead atoms. The van der Waals surface area contributed by atoms with E-state index in [9.17, 15) is 10.2 Å². The highest BCUT2D eigenvalue weighted by Crippen LogP contribution is 2.69. The number of hydrogen-bond acceptors (Lipinski definition) is 2. The normalized spacial score (nSPS) is 51.0. The summed E-state index contributed by atoms with van der Waals surface area (Å²) in [6, 6.07) is 0. The molecule has 5 saturated carbocycles. The van der Waals surface area contributed by atoms with Crippen LogP contribution in [0, 0.1) is 52.3 Å².